The number of nitrogens with one attached hydrogen (secondary N) is 1. The van der Waals surface area contributed by atoms with Gasteiger partial charge in [-0.2, -0.15) is 5.11 Å². The van der Waals surface area contributed by atoms with Gasteiger partial charge >= 0.3 is 0 Å². The SMILES string of the molecule is CC(=O)Nc1ccc(N=Nc2ccccc2)c2ccccc12. The van der Waals surface area contributed by atoms with E-state index in [1.54, 1.807) is 0 Å². The highest BCUT2D eigenvalue weighted by atomic mass is 16.1. The largest absolute Gasteiger partial charge is 0.326 e. The van der Waals surface area contributed by atoms with Crippen LogP contribution in [0.15, 0.2) is 77.0 Å². The van der Waals surface area contributed by atoms with Crippen molar-refractivity contribution in [3.8, 4) is 0 Å². The highest BCUT2D eigenvalue weighted by Crippen LogP contribution is 2.32. The van der Waals surface area contributed by atoms with Crippen molar-refractivity contribution in [1.82, 2.24) is 0 Å². The Hall–Kier alpha value is -3.01. The summed E-state index contributed by atoms with van der Waals surface area (Å²) in [6.45, 7) is 1.50. The van der Waals surface area contributed by atoms with Crippen LogP contribution in [0.1, 0.15) is 6.92 Å². The van der Waals surface area contributed by atoms with E-state index in [2.05, 4.69) is 15.5 Å². The minimum absolute atomic E-state index is 0.0937. The Bertz CT molecular complexity index is 841. The van der Waals surface area contributed by atoms with Crippen LogP contribution in [0.5, 0.6) is 0 Å². The van der Waals surface area contributed by atoms with Gasteiger partial charge in [0.2, 0.25) is 5.91 Å². The minimum Gasteiger partial charge on any atom is -0.326 e. The molecule has 3 rings (SSSR count). The maximum absolute atomic E-state index is 11.3. The van der Waals surface area contributed by atoms with Gasteiger partial charge < -0.3 is 5.32 Å². The summed E-state index contributed by atoms with van der Waals surface area (Å²) in [7, 11) is 0. The molecule has 0 atom stereocenters. The third-order valence-corrected chi connectivity index (χ3v) is 3.24. The lowest BCUT2D eigenvalue weighted by Crippen LogP contribution is -2.05. The van der Waals surface area contributed by atoms with Gasteiger partial charge in [-0.15, -0.1) is 5.11 Å². The van der Waals surface area contributed by atoms with Crippen LogP contribution in [-0.2, 0) is 4.79 Å². The third kappa shape index (κ3) is 3.01. The summed E-state index contributed by atoms with van der Waals surface area (Å²) >= 11 is 0. The minimum atomic E-state index is -0.0937. The first-order valence-electron chi connectivity index (χ1n) is 7.00. The van der Waals surface area contributed by atoms with Crippen molar-refractivity contribution in [3.05, 3.63) is 66.7 Å². The van der Waals surface area contributed by atoms with Gasteiger partial charge in [-0.05, 0) is 24.3 Å². The van der Waals surface area contributed by atoms with Crippen molar-refractivity contribution in [1.29, 1.82) is 0 Å². The summed E-state index contributed by atoms with van der Waals surface area (Å²) < 4.78 is 0. The van der Waals surface area contributed by atoms with E-state index in [1.165, 1.54) is 6.92 Å². The fraction of sp³-hybridized carbons (Fsp3) is 0.0556. The molecule has 0 aliphatic carbocycles. The van der Waals surface area contributed by atoms with Crippen LogP contribution in [-0.4, -0.2) is 5.91 Å². The molecular formula is C18H15N3O. The van der Waals surface area contributed by atoms with Crippen LogP contribution >= 0.6 is 0 Å². The number of hydrogen-bond donors (Lipinski definition) is 1. The number of benzene rings is 3. The van der Waals surface area contributed by atoms with Gasteiger partial charge in [0.05, 0.1) is 11.4 Å². The first-order valence-corrected chi connectivity index (χ1v) is 7.00. The maximum Gasteiger partial charge on any atom is 0.221 e. The lowest BCUT2D eigenvalue weighted by atomic mass is 10.1. The van der Waals surface area contributed by atoms with Crippen LogP contribution in [0.4, 0.5) is 17.1 Å². The van der Waals surface area contributed by atoms with Crippen molar-refractivity contribution in [3.63, 3.8) is 0 Å². The Morgan fingerprint density at radius 2 is 1.50 bits per heavy atom. The average Bonchev–Trinajstić information content (AvgIpc) is 2.55. The zero-order valence-corrected chi connectivity index (χ0v) is 12.2. The molecule has 0 radical (unpaired) electrons. The standard InChI is InChI=1S/C18H15N3O/c1-13(22)19-17-11-12-18(16-10-6-5-9-15(16)17)21-20-14-7-3-2-4-8-14/h2-12H,1H3,(H,19,22). The molecule has 0 saturated carbocycles. The highest BCUT2D eigenvalue weighted by molar-refractivity contribution is 6.05. The molecule has 3 aromatic carbocycles. The molecule has 22 heavy (non-hydrogen) atoms. The number of rotatable bonds is 3. The Labute approximate surface area is 128 Å². The summed E-state index contributed by atoms with van der Waals surface area (Å²) in [6.07, 6.45) is 0. The van der Waals surface area contributed by atoms with Gasteiger partial charge in [-0.25, -0.2) is 0 Å². The van der Waals surface area contributed by atoms with E-state index in [0.29, 0.717) is 0 Å². The Morgan fingerprint density at radius 1 is 0.818 bits per heavy atom. The van der Waals surface area contributed by atoms with E-state index in [0.717, 1.165) is 27.8 Å². The topological polar surface area (TPSA) is 53.8 Å². The van der Waals surface area contributed by atoms with E-state index < -0.39 is 0 Å². The Balaban J connectivity index is 2.04. The molecule has 108 valence electrons. The quantitative estimate of drug-likeness (QED) is 0.661. The Morgan fingerprint density at radius 3 is 2.23 bits per heavy atom. The molecule has 0 aromatic heterocycles. The van der Waals surface area contributed by atoms with Crippen molar-refractivity contribution in [2.45, 2.75) is 6.92 Å². The molecule has 0 aliphatic heterocycles. The van der Waals surface area contributed by atoms with E-state index in [4.69, 9.17) is 0 Å². The van der Waals surface area contributed by atoms with Crippen LogP contribution in [0.3, 0.4) is 0 Å². The summed E-state index contributed by atoms with van der Waals surface area (Å²) in [4.78, 5) is 11.3. The van der Waals surface area contributed by atoms with Gasteiger partial charge in [0, 0.05) is 23.4 Å². The fourth-order valence-corrected chi connectivity index (χ4v) is 2.28. The van der Waals surface area contributed by atoms with Crippen molar-refractivity contribution in [2.24, 2.45) is 10.2 Å². The van der Waals surface area contributed by atoms with Crippen molar-refractivity contribution < 1.29 is 4.79 Å². The van der Waals surface area contributed by atoms with Crippen molar-refractivity contribution in [2.75, 3.05) is 5.32 Å². The lowest BCUT2D eigenvalue weighted by molar-refractivity contribution is -0.114. The van der Waals surface area contributed by atoms with E-state index in [9.17, 15) is 4.79 Å². The zero-order chi connectivity index (χ0) is 15.4. The van der Waals surface area contributed by atoms with Gasteiger partial charge in [0.25, 0.3) is 0 Å². The van der Waals surface area contributed by atoms with E-state index >= 15 is 0 Å². The lowest BCUT2D eigenvalue weighted by Gasteiger charge is -2.08. The third-order valence-electron chi connectivity index (χ3n) is 3.24. The molecule has 1 amide bonds. The maximum atomic E-state index is 11.3. The number of nitrogens with zero attached hydrogens (tertiary/aromatic N) is 2. The second-order valence-corrected chi connectivity index (χ2v) is 4.89. The van der Waals surface area contributed by atoms with E-state index in [1.807, 2.05) is 66.7 Å². The first kappa shape index (κ1) is 13.9. The molecule has 4 heteroatoms. The number of carbonyl (C=O) groups is 1. The van der Waals surface area contributed by atoms with Crippen LogP contribution < -0.4 is 5.32 Å². The number of hydrogen-bond acceptors (Lipinski definition) is 3. The number of azo groups is 1. The number of carbonyl (C=O) groups excluding carboxylic acids is 1. The molecular weight excluding hydrogens is 274 g/mol. The predicted octanol–water partition coefficient (Wildman–Crippen LogP) is 5.21. The molecule has 3 aromatic rings. The van der Waals surface area contributed by atoms with Gasteiger partial charge in [-0.3, -0.25) is 4.79 Å². The van der Waals surface area contributed by atoms with Gasteiger partial charge in [0.15, 0.2) is 0 Å². The van der Waals surface area contributed by atoms with Crippen molar-refractivity contribution >= 4 is 33.7 Å². The number of fused-ring (bicyclic) bond motifs is 1. The van der Waals surface area contributed by atoms with Gasteiger partial charge in [-0.1, -0.05) is 42.5 Å². The molecule has 0 heterocycles. The normalized spacial score (nSPS) is 11.0. The molecule has 4 nitrogen and oxygen atoms in total. The highest BCUT2D eigenvalue weighted by Gasteiger charge is 2.06. The number of amides is 1. The average molecular weight is 289 g/mol. The fourth-order valence-electron chi connectivity index (χ4n) is 2.28. The molecule has 0 fully saturated rings. The molecule has 0 spiro atoms. The smallest absolute Gasteiger partial charge is 0.221 e. The summed E-state index contributed by atoms with van der Waals surface area (Å²) in [6, 6.07) is 21.1. The second kappa shape index (κ2) is 6.18. The van der Waals surface area contributed by atoms with Crippen LogP contribution in [0, 0.1) is 0 Å². The summed E-state index contributed by atoms with van der Waals surface area (Å²) in [5.74, 6) is -0.0937. The van der Waals surface area contributed by atoms with Crippen LogP contribution in [0.25, 0.3) is 10.8 Å². The molecule has 0 unspecified atom stereocenters. The van der Waals surface area contributed by atoms with E-state index in [-0.39, 0.29) is 5.91 Å². The predicted molar refractivity (Wildman–Crippen MR) is 88.9 cm³/mol. The van der Waals surface area contributed by atoms with Gasteiger partial charge in [0.1, 0.15) is 0 Å². The molecule has 0 saturated heterocycles. The molecule has 1 N–H and O–H groups in total. The zero-order valence-electron chi connectivity index (χ0n) is 12.2. The van der Waals surface area contributed by atoms with Crippen LogP contribution in [0.2, 0.25) is 0 Å². The summed E-state index contributed by atoms with van der Waals surface area (Å²) in [5.41, 5.74) is 2.35. The number of anilines is 1. The Kier molecular flexibility index (Phi) is 3.92. The molecule has 0 bridgehead atoms. The molecule has 0 aliphatic rings. The second-order valence-electron chi connectivity index (χ2n) is 4.89. The summed E-state index contributed by atoms with van der Waals surface area (Å²) in [5, 5.41) is 13.3. The first-order chi connectivity index (χ1) is 10.7. The monoisotopic (exact) mass is 289 g/mol.